The van der Waals surface area contributed by atoms with Crippen LogP contribution in [-0.4, -0.2) is 40.8 Å². The quantitative estimate of drug-likeness (QED) is 0.864. The molecule has 0 amide bonds. The first-order valence-corrected chi connectivity index (χ1v) is 6.25. The molecule has 0 radical (unpaired) electrons. The molecule has 5 nitrogen and oxygen atoms in total. The number of aliphatic hydroxyl groups excluding tert-OH is 1. The summed E-state index contributed by atoms with van der Waals surface area (Å²) in [6, 6.07) is 0. The number of hydrogen-bond acceptors (Lipinski definition) is 4. The molecule has 1 rings (SSSR count). The predicted octanol–water partition coefficient (Wildman–Crippen LogP) is 2.03. The molecule has 0 saturated carbocycles. The van der Waals surface area contributed by atoms with Gasteiger partial charge in [-0.25, -0.2) is 0 Å². The molecule has 0 aromatic carbocycles. The van der Waals surface area contributed by atoms with E-state index in [-0.39, 0.29) is 12.2 Å². The zero-order valence-corrected chi connectivity index (χ0v) is 12.1. The molecule has 6 heteroatoms. The van der Waals surface area contributed by atoms with E-state index in [0.29, 0.717) is 23.9 Å². The number of aromatic nitrogens is 2. The van der Waals surface area contributed by atoms with Gasteiger partial charge in [0.25, 0.3) is 0 Å². The van der Waals surface area contributed by atoms with Crippen LogP contribution in [0.3, 0.4) is 0 Å². The predicted molar refractivity (Wildman–Crippen MR) is 69.8 cm³/mol. The van der Waals surface area contributed by atoms with Gasteiger partial charge in [0, 0.05) is 7.11 Å². The minimum absolute atomic E-state index is 0.182. The van der Waals surface area contributed by atoms with Crippen molar-refractivity contribution < 1.29 is 14.6 Å². The van der Waals surface area contributed by atoms with Gasteiger partial charge < -0.3 is 14.6 Å². The van der Waals surface area contributed by atoms with Crippen LogP contribution in [0, 0.1) is 0 Å². The molecule has 1 aromatic heterocycles. The fraction of sp³-hybridized carbons (Fsp3) is 0.750. The Labute approximate surface area is 113 Å². The number of nitrogens with zero attached hydrogens (tertiary/aromatic N) is 2. The largest absolute Gasteiger partial charge is 0.384 e. The molecule has 0 fully saturated rings. The number of hydrogen-bond donors (Lipinski definition) is 1. The molecule has 1 N–H and O–H groups in total. The molecule has 0 aliphatic carbocycles. The average Bonchev–Trinajstić information content (AvgIpc) is 2.64. The van der Waals surface area contributed by atoms with Crippen molar-refractivity contribution in [3.8, 4) is 0 Å². The van der Waals surface area contributed by atoms with Gasteiger partial charge in [-0.05, 0) is 20.8 Å². The Morgan fingerprint density at radius 3 is 2.72 bits per heavy atom. The number of aliphatic hydroxyl groups is 1. The van der Waals surface area contributed by atoms with Crippen molar-refractivity contribution in [1.82, 2.24) is 9.78 Å². The highest BCUT2D eigenvalue weighted by Gasteiger charge is 2.21. The zero-order chi connectivity index (χ0) is 13.8. The lowest BCUT2D eigenvalue weighted by Gasteiger charge is -2.22. The minimum atomic E-state index is -0.795. The van der Waals surface area contributed by atoms with Crippen LogP contribution in [0.5, 0.6) is 0 Å². The Bertz CT molecular complexity index is 374. The smallest absolute Gasteiger partial charge is 0.120 e. The Kier molecular flexibility index (Phi) is 5.59. The van der Waals surface area contributed by atoms with E-state index >= 15 is 0 Å². The maximum Gasteiger partial charge on any atom is 0.120 e. The molecule has 1 aromatic rings. The number of methoxy groups -OCH3 is 1. The molecule has 0 spiro atoms. The van der Waals surface area contributed by atoms with Crippen LogP contribution in [0.1, 0.15) is 32.6 Å². The fourth-order valence-corrected chi connectivity index (χ4v) is 1.73. The highest BCUT2D eigenvalue weighted by atomic mass is 35.5. The molecule has 0 saturated heterocycles. The summed E-state index contributed by atoms with van der Waals surface area (Å²) in [5.74, 6) is 0. The summed E-state index contributed by atoms with van der Waals surface area (Å²) in [5, 5.41) is 14.7. The van der Waals surface area contributed by atoms with Gasteiger partial charge in [-0.15, -0.1) is 0 Å². The third-order valence-electron chi connectivity index (χ3n) is 2.33. The van der Waals surface area contributed by atoms with Crippen molar-refractivity contribution in [3.05, 3.63) is 16.9 Å². The lowest BCUT2D eigenvalue weighted by atomic mass is 10.2. The molecule has 0 aliphatic rings. The van der Waals surface area contributed by atoms with Gasteiger partial charge >= 0.3 is 0 Å². The molecule has 104 valence electrons. The van der Waals surface area contributed by atoms with Crippen molar-refractivity contribution in [1.29, 1.82) is 0 Å². The van der Waals surface area contributed by atoms with Gasteiger partial charge in [0.15, 0.2) is 0 Å². The van der Waals surface area contributed by atoms with Crippen molar-refractivity contribution >= 4 is 11.6 Å². The lowest BCUT2D eigenvalue weighted by molar-refractivity contribution is -0.0518. The van der Waals surface area contributed by atoms with Crippen molar-refractivity contribution in [2.24, 2.45) is 0 Å². The van der Waals surface area contributed by atoms with Gasteiger partial charge in [0.1, 0.15) is 6.10 Å². The number of halogens is 1. The fourth-order valence-electron chi connectivity index (χ4n) is 1.47. The number of ether oxygens (including phenoxy) is 2. The Hall–Kier alpha value is -0.620. The molecule has 1 atom stereocenters. The van der Waals surface area contributed by atoms with Crippen LogP contribution < -0.4 is 0 Å². The van der Waals surface area contributed by atoms with E-state index in [1.54, 1.807) is 11.8 Å². The standard InChI is InChI=1S/C12H21ClN2O3/c1-12(2,3)18-8-10(16)11-9(13)7-14-15(11)5-6-17-4/h7,10,16H,5-6,8H2,1-4H3. The number of rotatable bonds is 6. The second-order valence-electron chi connectivity index (χ2n) is 5.03. The zero-order valence-electron chi connectivity index (χ0n) is 11.3. The van der Waals surface area contributed by atoms with E-state index in [9.17, 15) is 5.11 Å². The SMILES string of the molecule is COCCn1ncc(Cl)c1C(O)COC(C)(C)C. The first-order chi connectivity index (χ1) is 8.35. The first kappa shape index (κ1) is 15.4. The van der Waals surface area contributed by atoms with E-state index in [4.69, 9.17) is 21.1 Å². The van der Waals surface area contributed by atoms with Crippen molar-refractivity contribution in [3.63, 3.8) is 0 Å². The molecular weight excluding hydrogens is 256 g/mol. The molecule has 1 heterocycles. The Morgan fingerprint density at radius 1 is 1.50 bits per heavy atom. The Morgan fingerprint density at radius 2 is 2.17 bits per heavy atom. The van der Waals surface area contributed by atoms with Gasteiger partial charge in [-0.3, -0.25) is 4.68 Å². The third-order valence-corrected chi connectivity index (χ3v) is 2.62. The summed E-state index contributed by atoms with van der Waals surface area (Å²) in [6.45, 7) is 7.04. The first-order valence-electron chi connectivity index (χ1n) is 5.87. The summed E-state index contributed by atoms with van der Waals surface area (Å²) >= 11 is 6.03. The third kappa shape index (κ3) is 4.57. The molecule has 0 bridgehead atoms. The van der Waals surface area contributed by atoms with E-state index < -0.39 is 6.10 Å². The maximum absolute atomic E-state index is 10.1. The van der Waals surface area contributed by atoms with E-state index in [2.05, 4.69) is 5.10 Å². The summed E-state index contributed by atoms with van der Waals surface area (Å²) in [6.07, 6.45) is 0.725. The summed E-state index contributed by atoms with van der Waals surface area (Å²) in [5.41, 5.74) is 0.267. The summed E-state index contributed by atoms with van der Waals surface area (Å²) < 4.78 is 12.2. The normalized spacial score (nSPS) is 13.9. The molecule has 0 aliphatic heterocycles. The molecule has 18 heavy (non-hydrogen) atoms. The van der Waals surface area contributed by atoms with Gasteiger partial charge in [0.05, 0.1) is 42.3 Å². The van der Waals surface area contributed by atoms with Crippen LogP contribution in [0.4, 0.5) is 0 Å². The topological polar surface area (TPSA) is 56.5 Å². The Balaban J connectivity index is 2.71. The van der Waals surface area contributed by atoms with Crippen LogP contribution in [0.2, 0.25) is 5.02 Å². The summed E-state index contributed by atoms with van der Waals surface area (Å²) in [4.78, 5) is 0. The van der Waals surface area contributed by atoms with Crippen LogP contribution in [0.25, 0.3) is 0 Å². The van der Waals surface area contributed by atoms with Crippen LogP contribution >= 0.6 is 11.6 Å². The van der Waals surface area contributed by atoms with Crippen molar-refractivity contribution in [2.45, 2.75) is 39.0 Å². The van der Waals surface area contributed by atoms with Crippen LogP contribution in [0.15, 0.2) is 6.20 Å². The summed E-state index contributed by atoms with van der Waals surface area (Å²) in [7, 11) is 1.62. The highest BCUT2D eigenvalue weighted by molar-refractivity contribution is 6.31. The lowest BCUT2D eigenvalue weighted by Crippen LogP contribution is -2.24. The van der Waals surface area contributed by atoms with Crippen LogP contribution in [-0.2, 0) is 16.0 Å². The van der Waals surface area contributed by atoms with Gasteiger partial charge in [-0.1, -0.05) is 11.6 Å². The molecule has 1 unspecified atom stereocenters. The van der Waals surface area contributed by atoms with Gasteiger partial charge in [-0.2, -0.15) is 5.10 Å². The second-order valence-corrected chi connectivity index (χ2v) is 5.44. The van der Waals surface area contributed by atoms with Crippen molar-refractivity contribution in [2.75, 3.05) is 20.3 Å². The minimum Gasteiger partial charge on any atom is -0.384 e. The maximum atomic E-state index is 10.1. The monoisotopic (exact) mass is 276 g/mol. The van der Waals surface area contributed by atoms with E-state index in [1.807, 2.05) is 20.8 Å². The van der Waals surface area contributed by atoms with E-state index in [1.165, 1.54) is 6.20 Å². The molecular formula is C12H21ClN2O3. The van der Waals surface area contributed by atoms with E-state index in [0.717, 1.165) is 0 Å². The average molecular weight is 277 g/mol. The highest BCUT2D eigenvalue weighted by Crippen LogP contribution is 2.24. The van der Waals surface area contributed by atoms with Gasteiger partial charge in [0.2, 0.25) is 0 Å². The second kappa shape index (κ2) is 6.52.